The summed E-state index contributed by atoms with van der Waals surface area (Å²) < 4.78 is 7.64. The second kappa shape index (κ2) is 16.7. The van der Waals surface area contributed by atoms with Crippen molar-refractivity contribution in [2.24, 2.45) is 5.92 Å². The van der Waals surface area contributed by atoms with Crippen molar-refractivity contribution in [1.82, 2.24) is 50.4 Å². The van der Waals surface area contributed by atoms with Crippen molar-refractivity contribution in [3.63, 3.8) is 0 Å². The maximum Gasteiger partial charge on any atom is 0.328 e. The molecule has 0 spiro atoms. The zero-order valence-electron chi connectivity index (χ0n) is 37.2. The van der Waals surface area contributed by atoms with Crippen molar-refractivity contribution in [1.29, 1.82) is 5.41 Å². The Bertz CT molecular complexity index is 2680. The lowest BCUT2D eigenvalue weighted by Gasteiger charge is -2.35. The Morgan fingerprint density at radius 3 is 2.44 bits per heavy atom. The van der Waals surface area contributed by atoms with Crippen LogP contribution in [0.2, 0.25) is 0 Å². The van der Waals surface area contributed by atoms with Gasteiger partial charge in [-0.1, -0.05) is 38.1 Å². The molecular formula is C47H57N13O3. The molecule has 6 aromatic rings. The second-order valence-electron chi connectivity index (χ2n) is 18.5. The van der Waals surface area contributed by atoms with Gasteiger partial charge < -0.3 is 24.6 Å². The third kappa shape index (κ3) is 8.43. The zero-order valence-corrected chi connectivity index (χ0v) is 37.2. The first-order chi connectivity index (χ1) is 30.2. The van der Waals surface area contributed by atoms with E-state index in [9.17, 15) is 9.59 Å². The number of fused-ring (bicyclic) bond motifs is 1. The van der Waals surface area contributed by atoms with Crippen LogP contribution in [0.25, 0.3) is 33.5 Å². The van der Waals surface area contributed by atoms with Gasteiger partial charge in [0.1, 0.15) is 12.0 Å². The standard InChI is InChI=1S/C47H57N13O3/c1-27-22-32(8-13-36(27)28(2)51-42(48)44-54-45(56-63-44)47(5,6)7)41-37-23-38(52-43(37)50-26-49-41)40-29(3)55-60(30(40)4)35-16-18-57(25-35)24-31-14-19-58(20-15-31)33-9-11-34(12-10-33)59-21-17-39(61)53-46(59)62/h8-13,22-23,26,28,31,35H,14-21,24-25H2,1-7H3,(H2,48,51)(H,49,50,52)(H,53,61,62)/t28-,35?/m1/s1. The number of piperidine rings is 1. The molecule has 3 fully saturated rings. The molecule has 0 radical (unpaired) electrons. The van der Waals surface area contributed by atoms with Gasteiger partial charge >= 0.3 is 6.03 Å². The first kappa shape index (κ1) is 41.9. The fourth-order valence-electron chi connectivity index (χ4n) is 9.58. The Morgan fingerprint density at radius 2 is 1.73 bits per heavy atom. The van der Waals surface area contributed by atoms with Crippen molar-refractivity contribution in [2.75, 3.05) is 49.1 Å². The molecule has 0 saturated carbocycles. The molecular weight excluding hydrogens is 795 g/mol. The number of amides is 3. The highest BCUT2D eigenvalue weighted by Gasteiger charge is 2.31. The number of H-pyrrole nitrogens is 1. The maximum absolute atomic E-state index is 12.3. The van der Waals surface area contributed by atoms with Crippen LogP contribution in [0.4, 0.5) is 16.2 Å². The van der Waals surface area contributed by atoms with Gasteiger partial charge in [-0.05, 0) is 100 Å². The molecule has 63 heavy (non-hydrogen) atoms. The number of amidine groups is 1. The molecule has 3 aliphatic rings. The highest BCUT2D eigenvalue weighted by Crippen LogP contribution is 2.36. The Kier molecular flexibility index (Phi) is 11.1. The summed E-state index contributed by atoms with van der Waals surface area (Å²) >= 11 is 0. The quantitative estimate of drug-likeness (QED) is 0.0795. The zero-order chi connectivity index (χ0) is 44.2. The molecule has 4 aromatic heterocycles. The van der Waals surface area contributed by atoms with Crippen molar-refractivity contribution >= 4 is 40.2 Å². The first-order valence-electron chi connectivity index (χ1n) is 22.1. The van der Waals surface area contributed by atoms with E-state index in [2.05, 4.69) is 102 Å². The molecule has 3 amide bonds. The van der Waals surface area contributed by atoms with Crippen molar-refractivity contribution < 1.29 is 14.1 Å². The molecule has 3 aliphatic heterocycles. The van der Waals surface area contributed by atoms with Crippen LogP contribution in [-0.4, -0.2) is 96.8 Å². The number of aromatic amines is 1. The second-order valence-corrected chi connectivity index (χ2v) is 18.5. The van der Waals surface area contributed by atoms with Gasteiger partial charge in [0.05, 0.1) is 29.2 Å². The van der Waals surface area contributed by atoms with Crippen LogP contribution in [0.15, 0.2) is 59.4 Å². The van der Waals surface area contributed by atoms with Gasteiger partial charge in [0.2, 0.25) is 5.91 Å². The average molecular weight is 852 g/mol. The normalized spacial score (nSPS) is 18.4. The van der Waals surface area contributed by atoms with Gasteiger partial charge in [-0.3, -0.25) is 25.1 Å². The summed E-state index contributed by atoms with van der Waals surface area (Å²) in [6.45, 7) is 20.0. The van der Waals surface area contributed by atoms with Crippen LogP contribution in [-0.2, 0) is 10.2 Å². The van der Waals surface area contributed by atoms with Gasteiger partial charge in [-0.25, -0.2) is 14.8 Å². The number of hydrogen-bond acceptors (Lipinski definition) is 11. The minimum atomic E-state index is -0.353. The molecule has 9 rings (SSSR count). The smallest absolute Gasteiger partial charge is 0.328 e. The van der Waals surface area contributed by atoms with Crippen LogP contribution in [0.5, 0.6) is 0 Å². The molecule has 2 atom stereocenters. The lowest BCUT2D eigenvalue weighted by atomic mass is 9.96. The summed E-state index contributed by atoms with van der Waals surface area (Å²) in [6.07, 6.45) is 5.28. The number of nitrogens with one attached hydrogen (secondary N) is 4. The number of likely N-dealkylation sites (tertiary alicyclic amines) is 1. The van der Waals surface area contributed by atoms with E-state index in [1.165, 1.54) is 5.69 Å². The van der Waals surface area contributed by atoms with Crippen molar-refractivity contribution in [3.05, 3.63) is 89.1 Å². The summed E-state index contributed by atoms with van der Waals surface area (Å²) in [6, 6.07) is 16.4. The Morgan fingerprint density at radius 1 is 0.968 bits per heavy atom. The van der Waals surface area contributed by atoms with Gasteiger partial charge in [0, 0.05) is 84.7 Å². The fourth-order valence-corrected chi connectivity index (χ4v) is 9.58. The number of aromatic nitrogens is 7. The molecule has 1 unspecified atom stereocenters. The highest BCUT2D eigenvalue weighted by molar-refractivity contribution is 6.05. The van der Waals surface area contributed by atoms with Crippen LogP contribution in [0, 0.1) is 32.1 Å². The van der Waals surface area contributed by atoms with E-state index in [0.29, 0.717) is 30.7 Å². The summed E-state index contributed by atoms with van der Waals surface area (Å²) in [7, 11) is 0. The first-order valence-corrected chi connectivity index (χ1v) is 22.1. The van der Waals surface area contributed by atoms with E-state index in [-0.39, 0.29) is 35.1 Å². The number of carbonyl (C=O) groups excluding carboxylic acids is 2. The number of benzene rings is 2. The van der Waals surface area contributed by atoms with Crippen LogP contribution < -0.4 is 20.4 Å². The van der Waals surface area contributed by atoms with E-state index >= 15 is 0 Å². The fraction of sp³-hybridized carbons (Fsp3) is 0.447. The van der Waals surface area contributed by atoms with Crippen LogP contribution in [0.1, 0.15) is 99.7 Å². The molecule has 2 aromatic carbocycles. The minimum absolute atomic E-state index is 0.0902. The van der Waals surface area contributed by atoms with Crippen LogP contribution >= 0.6 is 0 Å². The predicted molar refractivity (Wildman–Crippen MR) is 243 cm³/mol. The number of imide groups is 1. The molecule has 7 heterocycles. The summed E-state index contributed by atoms with van der Waals surface area (Å²) in [5.41, 5.74) is 10.7. The highest BCUT2D eigenvalue weighted by atomic mass is 16.5. The number of hydrogen-bond donors (Lipinski definition) is 4. The summed E-state index contributed by atoms with van der Waals surface area (Å²) in [5, 5.41) is 24.4. The Labute approximate surface area is 367 Å². The van der Waals surface area contributed by atoms with Gasteiger partial charge in [-0.2, -0.15) is 10.1 Å². The Balaban J connectivity index is 0.825. The van der Waals surface area contributed by atoms with Gasteiger partial charge in [-0.15, -0.1) is 0 Å². The topological polar surface area (TPSA) is 190 Å². The molecule has 328 valence electrons. The molecule has 16 heteroatoms. The van der Waals surface area contributed by atoms with E-state index in [1.54, 1.807) is 11.2 Å². The molecule has 0 aliphatic carbocycles. The molecule has 0 bridgehead atoms. The third-order valence-electron chi connectivity index (χ3n) is 13.0. The average Bonchev–Trinajstić information content (AvgIpc) is 4.07. The SMILES string of the molecule is Cc1cc(-c2ncnc3[nH]c(-c4c(C)nn(C5CCN(CC6CCN(c7ccc(N8CCC(=O)NC8=O)cc7)CC6)C5)c4C)cc23)ccc1[C@@H](C)NC(=N)c1nc(C(C)(C)C)no1. The van der Waals surface area contributed by atoms with Crippen LogP contribution in [0.3, 0.4) is 0 Å². The number of urea groups is 1. The number of nitrogens with zero attached hydrogens (tertiary/aromatic N) is 9. The lowest BCUT2D eigenvalue weighted by molar-refractivity contribution is -0.120. The molecule has 3 saturated heterocycles. The third-order valence-corrected chi connectivity index (χ3v) is 13.0. The van der Waals surface area contributed by atoms with E-state index in [1.807, 2.05) is 39.8 Å². The van der Waals surface area contributed by atoms with E-state index in [4.69, 9.17) is 20.0 Å². The predicted octanol–water partition coefficient (Wildman–Crippen LogP) is 7.38. The number of carbonyl (C=O) groups is 2. The number of rotatable bonds is 10. The molecule has 16 nitrogen and oxygen atoms in total. The van der Waals surface area contributed by atoms with Gasteiger partial charge in [0.25, 0.3) is 5.89 Å². The van der Waals surface area contributed by atoms with Crippen molar-refractivity contribution in [3.8, 4) is 22.5 Å². The monoisotopic (exact) mass is 851 g/mol. The number of anilines is 2. The minimum Gasteiger partial charge on any atom is -0.372 e. The summed E-state index contributed by atoms with van der Waals surface area (Å²) in [4.78, 5) is 48.0. The number of aryl methyl sites for hydroxylation is 2. The van der Waals surface area contributed by atoms with Crippen molar-refractivity contribution in [2.45, 2.75) is 91.6 Å². The largest absolute Gasteiger partial charge is 0.372 e. The Hall–Kier alpha value is -6.42. The van der Waals surface area contributed by atoms with E-state index < -0.39 is 0 Å². The molecule has 4 N–H and O–H groups in total. The lowest BCUT2D eigenvalue weighted by Crippen LogP contribution is -2.49. The van der Waals surface area contributed by atoms with E-state index in [0.717, 1.165) is 114 Å². The van der Waals surface area contributed by atoms with Gasteiger partial charge in [0.15, 0.2) is 11.7 Å². The maximum atomic E-state index is 12.3. The summed E-state index contributed by atoms with van der Waals surface area (Å²) in [5.74, 6) is 1.25.